The molecule has 122 valence electrons. The van der Waals surface area contributed by atoms with Crippen molar-refractivity contribution in [2.75, 3.05) is 6.54 Å². The van der Waals surface area contributed by atoms with Gasteiger partial charge in [0.25, 0.3) is 11.8 Å². The van der Waals surface area contributed by atoms with Crippen LogP contribution in [-0.2, 0) is 4.79 Å². The van der Waals surface area contributed by atoms with Crippen molar-refractivity contribution in [1.29, 1.82) is 0 Å². The van der Waals surface area contributed by atoms with E-state index in [-0.39, 0.29) is 0 Å². The number of rotatable bonds is 3. The fourth-order valence-corrected chi connectivity index (χ4v) is 2.75. The third-order valence-electron chi connectivity index (χ3n) is 3.81. The first-order chi connectivity index (χ1) is 11.4. The summed E-state index contributed by atoms with van der Waals surface area (Å²) in [6.45, 7) is 3.17. The molecule has 0 spiro atoms. The van der Waals surface area contributed by atoms with Gasteiger partial charge in [-0.25, -0.2) is 4.79 Å². The molecule has 3 rings (SSSR count). The molecule has 0 unspecified atom stereocenters. The molecule has 0 saturated carbocycles. The summed E-state index contributed by atoms with van der Waals surface area (Å²) in [7, 11) is 0. The molecular formula is C18H14ClNO4. The van der Waals surface area contributed by atoms with Gasteiger partial charge in [0, 0.05) is 5.02 Å². The van der Waals surface area contributed by atoms with Crippen molar-refractivity contribution >= 4 is 29.4 Å². The number of imide groups is 1. The number of fused-ring (bicyclic) bond motifs is 1. The fraction of sp³-hybridized carbons (Fsp3) is 0.167. The standard InChI is InChI=1S/C18H14ClNO4/c1-10-7-12(8-11(2)16(10)19)24-15(21)9-20-17(22)13-5-3-4-6-14(13)18(20)23/h3-8H,9H2,1-2H3. The number of carbonyl (C=O) groups is 3. The Morgan fingerprint density at radius 3 is 2.04 bits per heavy atom. The number of hydrogen-bond acceptors (Lipinski definition) is 4. The van der Waals surface area contributed by atoms with E-state index in [2.05, 4.69) is 0 Å². The normalized spacial score (nSPS) is 13.2. The maximum absolute atomic E-state index is 12.2. The van der Waals surface area contributed by atoms with Crippen molar-refractivity contribution in [3.63, 3.8) is 0 Å². The summed E-state index contributed by atoms with van der Waals surface area (Å²) >= 11 is 6.08. The second-order valence-electron chi connectivity index (χ2n) is 5.59. The zero-order chi connectivity index (χ0) is 17.4. The number of hydrogen-bond donors (Lipinski definition) is 0. The predicted octanol–water partition coefficient (Wildman–Crippen LogP) is 3.16. The SMILES string of the molecule is Cc1cc(OC(=O)CN2C(=O)c3ccccc3C2=O)cc(C)c1Cl. The van der Waals surface area contributed by atoms with Crippen LogP contribution in [0.3, 0.4) is 0 Å². The Bertz CT molecular complexity index is 817. The van der Waals surface area contributed by atoms with Crippen molar-refractivity contribution in [3.8, 4) is 5.75 Å². The van der Waals surface area contributed by atoms with E-state index in [0.29, 0.717) is 21.9 Å². The first-order valence-corrected chi connectivity index (χ1v) is 7.69. The third kappa shape index (κ3) is 2.78. The lowest BCUT2D eigenvalue weighted by molar-refractivity contribution is -0.134. The number of carbonyl (C=O) groups excluding carboxylic acids is 3. The third-order valence-corrected chi connectivity index (χ3v) is 4.40. The summed E-state index contributed by atoms with van der Waals surface area (Å²) < 4.78 is 5.24. The maximum Gasteiger partial charge on any atom is 0.331 e. The lowest BCUT2D eigenvalue weighted by Gasteiger charge is -2.13. The average Bonchev–Trinajstić information content (AvgIpc) is 2.78. The van der Waals surface area contributed by atoms with Crippen LogP contribution in [0.2, 0.25) is 5.02 Å². The van der Waals surface area contributed by atoms with Gasteiger partial charge in [-0.3, -0.25) is 14.5 Å². The minimum Gasteiger partial charge on any atom is -0.425 e. The van der Waals surface area contributed by atoms with Crippen LogP contribution in [0.1, 0.15) is 31.8 Å². The van der Waals surface area contributed by atoms with Crippen LogP contribution in [0.25, 0.3) is 0 Å². The Morgan fingerprint density at radius 1 is 1.04 bits per heavy atom. The number of esters is 1. The molecule has 2 aromatic rings. The van der Waals surface area contributed by atoms with Gasteiger partial charge >= 0.3 is 5.97 Å². The van der Waals surface area contributed by atoms with Gasteiger partial charge in [-0.15, -0.1) is 0 Å². The molecular weight excluding hydrogens is 330 g/mol. The molecule has 1 aliphatic heterocycles. The van der Waals surface area contributed by atoms with Gasteiger partial charge in [0.1, 0.15) is 12.3 Å². The van der Waals surface area contributed by atoms with Gasteiger partial charge in [-0.05, 0) is 49.2 Å². The highest BCUT2D eigenvalue weighted by Gasteiger charge is 2.36. The van der Waals surface area contributed by atoms with Crippen molar-refractivity contribution < 1.29 is 19.1 Å². The number of nitrogens with zero attached hydrogens (tertiary/aromatic N) is 1. The van der Waals surface area contributed by atoms with Crippen molar-refractivity contribution in [2.24, 2.45) is 0 Å². The summed E-state index contributed by atoms with van der Waals surface area (Å²) in [5.74, 6) is -1.34. The highest BCUT2D eigenvalue weighted by atomic mass is 35.5. The summed E-state index contributed by atoms with van der Waals surface area (Å²) in [5.41, 5.74) is 2.15. The molecule has 0 radical (unpaired) electrons. The highest BCUT2D eigenvalue weighted by Crippen LogP contribution is 2.26. The van der Waals surface area contributed by atoms with Crippen LogP contribution in [-0.4, -0.2) is 29.2 Å². The molecule has 24 heavy (non-hydrogen) atoms. The summed E-state index contributed by atoms with van der Waals surface area (Å²) in [6.07, 6.45) is 0. The van der Waals surface area contributed by atoms with Gasteiger partial charge in [0.2, 0.25) is 0 Å². The summed E-state index contributed by atoms with van der Waals surface area (Å²) in [6, 6.07) is 9.74. The molecule has 0 N–H and O–H groups in total. The van der Waals surface area contributed by atoms with Gasteiger partial charge < -0.3 is 4.74 Å². The van der Waals surface area contributed by atoms with Crippen molar-refractivity contribution in [2.45, 2.75) is 13.8 Å². The van der Waals surface area contributed by atoms with Crippen LogP contribution in [0, 0.1) is 13.8 Å². The van der Waals surface area contributed by atoms with Crippen LogP contribution >= 0.6 is 11.6 Å². The predicted molar refractivity (Wildman–Crippen MR) is 88.4 cm³/mol. The molecule has 0 aromatic heterocycles. The van der Waals surface area contributed by atoms with E-state index < -0.39 is 24.3 Å². The van der Waals surface area contributed by atoms with E-state index in [4.69, 9.17) is 16.3 Å². The topological polar surface area (TPSA) is 63.7 Å². The Hall–Kier alpha value is -2.66. The summed E-state index contributed by atoms with van der Waals surface area (Å²) in [4.78, 5) is 37.5. The monoisotopic (exact) mass is 343 g/mol. The van der Waals surface area contributed by atoms with E-state index in [9.17, 15) is 14.4 Å². The minimum atomic E-state index is -0.689. The first kappa shape index (κ1) is 16.2. The molecule has 6 heteroatoms. The Balaban J connectivity index is 1.75. The van der Waals surface area contributed by atoms with E-state index in [1.54, 1.807) is 50.2 Å². The van der Waals surface area contributed by atoms with Gasteiger partial charge in [0.15, 0.2) is 0 Å². The zero-order valence-electron chi connectivity index (χ0n) is 13.1. The van der Waals surface area contributed by atoms with Crippen LogP contribution < -0.4 is 4.74 Å². The summed E-state index contributed by atoms with van der Waals surface area (Å²) in [5, 5.41) is 0.607. The lowest BCUT2D eigenvalue weighted by atomic mass is 10.1. The second kappa shape index (κ2) is 6.09. The minimum absolute atomic E-state index is 0.300. The number of aryl methyl sites for hydroxylation is 2. The largest absolute Gasteiger partial charge is 0.425 e. The highest BCUT2D eigenvalue weighted by molar-refractivity contribution is 6.32. The van der Waals surface area contributed by atoms with Gasteiger partial charge in [0.05, 0.1) is 11.1 Å². The quantitative estimate of drug-likeness (QED) is 0.488. The Morgan fingerprint density at radius 2 is 1.54 bits per heavy atom. The first-order valence-electron chi connectivity index (χ1n) is 7.31. The van der Waals surface area contributed by atoms with Crippen molar-refractivity contribution in [1.82, 2.24) is 4.90 Å². The van der Waals surface area contributed by atoms with E-state index in [0.717, 1.165) is 16.0 Å². The van der Waals surface area contributed by atoms with Crippen LogP contribution in [0.4, 0.5) is 0 Å². The average molecular weight is 344 g/mol. The molecule has 1 aliphatic rings. The van der Waals surface area contributed by atoms with Gasteiger partial charge in [-0.2, -0.15) is 0 Å². The molecule has 1 heterocycles. The Labute approximate surface area is 143 Å². The smallest absolute Gasteiger partial charge is 0.331 e. The molecule has 0 fully saturated rings. The van der Waals surface area contributed by atoms with Crippen LogP contribution in [0.5, 0.6) is 5.75 Å². The molecule has 0 bridgehead atoms. The lowest BCUT2D eigenvalue weighted by Crippen LogP contribution is -2.36. The van der Waals surface area contributed by atoms with Crippen LogP contribution in [0.15, 0.2) is 36.4 Å². The number of ether oxygens (including phenoxy) is 1. The van der Waals surface area contributed by atoms with Crippen molar-refractivity contribution in [3.05, 3.63) is 63.7 Å². The second-order valence-corrected chi connectivity index (χ2v) is 5.97. The molecule has 0 atom stereocenters. The molecule has 2 aromatic carbocycles. The number of amides is 2. The van der Waals surface area contributed by atoms with E-state index >= 15 is 0 Å². The van der Waals surface area contributed by atoms with E-state index in [1.807, 2.05) is 0 Å². The molecule has 2 amide bonds. The maximum atomic E-state index is 12.2. The van der Waals surface area contributed by atoms with Gasteiger partial charge in [-0.1, -0.05) is 23.7 Å². The fourth-order valence-electron chi connectivity index (χ4n) is 2.64. The number of benzene rings is 2. The molecule has 5 nitrogen and oxygen atoms in total. The Kier molecular flexibility index (Phi) is 4.11. The molecule has 0 saturated heterocycles. The number of halogens is 1. The van der Waals surface area contributed by atoms with E-state index in [1.165, 1.54) is 0 Å². The zero-order valence-corrected chi connectivity index (χ0v) is 13.9. The molecule has 0 aliphatic carbocycles.